The van der Waals surface area contributed by atoms with Crippen LogP contribution in [-0.2, 0) is 13.6 Å². The molecule has 1 N–H and O–H groups in total. The summed E-state index contributed by atoms with van der Waals surface area (Å²) in [7, 11) is 2.10. The van der Waals surface area contributed by atoms with Gasteiger partial charge in [-0.3, -0.25) is 0 Å². The molecule has 0 radical (unpaired) electrons. The number of nitrogens with one attached hydrogen (secondary N) is 1. The fourth-order valence-corrected chi connectivity index (χ4v) is 2.23. The first-order chi connectivity index (χ1) is 9.47. The lowest BCUT2D eigenvalue weighted by Crippen LogP contribution is -2.05. The maximum atomic E-state index is 5.64. The summed E-state index contributed by atoms with van der Waals surface area (Å²) in [4.78, 5) is 0. The van der Waals surface area contributed by atoms with Crippen molar-refractivity contribution in [2.75, 3.05) is 5.32 Å². The van der Waals surface area contributed by atoms with Crippen molar-refractivity contribution in [3.8, 4) is 5.75 Å². The minimum Gasteiger partial charge on any atom is -0.491 e. The molecule has 1 heterocycles. The van der Waals surface area contributed by atoms with E-state index < -0.39 is 0 Å². The Kier molecular flexibility index (Phi) is 4.38. The van der Waals surface area contributed by atoms with Crippen LogP contribution in [0.4, 0.5) is 5.69 Å². The molecule has 0 amide bonds. The standard InChI is InChI=1S/C17H24N2O/c1-12(2)20-17-8-6-16(7-9-17)18-11-15-10-13(3)19(5)14(15)4/h6-10,12,18H,11H2,1-5H3. The van der Waals surface area contributed by atoms with Gasteiger partial charge in [0.15, 0.2) is 0 Å². The second kappa shape index (κ2) is 6.04. The highest BCUT2D eigenvalue weighted by molar-refractivity contribution is 5.47. The molecule has 0 saturated carbocycles. The van der Waals surface area contributed by atoms with Crippen molar-refractivity contribution in [2.24, 2.45) is 7.05 Å². The summed E-state index contributed by atoms with van der Waals surface area (Å²) < 4.78 is 7.86. The first-order valence-corrected chi connectivity index (χ1v) is 7.09. The third-order valence-electron chi connectivity index (χ3n) is 3.59. The zero-order chi connectivity index (χ0) is 14.7. The number of nitrogens with zero attached hydrogens (tertiary/aromatic N) is 1. The van der Waals surface area contributed by atoms with Gasteiger partial charge in [0.05, 0.1) is 6.10 Å². The van der Waals surface area contributed by atoms with E-state index in [0.29, 0.717) is 0 Å². The van der Waals surface area contributed by atoms with Crippen molar-refractivity contribution in [1.82, 2.24) is 4.57 Å². The lowest BCUT2D eigenvalue weighted by molar-refractivity contribution is 0.242. The Balaban J connectivity index is 1.98. The fraction of sp³-hybridized carbons (Fsp3) is 0.412. The van der Waals surface area contributed by atoms with Crippen LogP contribution in [0.2, 0.25) is 0 Å². The third-order valence-corrected chi connectivity index (χ3v) is 3.59. The number of benzene rings is 1. The number of hydrogen-bond donors (Lipinski definition) is 1. The number of rotatable bonds is 5. The minimum absolute atomic E-state index is 0.212. The van der Waals surface area contributed by atoms with Gasteiger partial charge < -0.3 is 14.6 Å². The summed E-state index contributed by atoms with van der Waals surface area (Å²) in [5, 5.41) is 3.45. The monoisotopic (exact) mass is 272 g/mol. The highest BCUT2D eigenvalue weighted by Crippen LogP contribution is 2.19. The van der Waals surface area contributed by atoms with Gasteiger partial charge in [-0.1, -0.05) is 0 Å². The summed E-state index contributed by atoms with van der Waals surface area (Å²) in [6, 6.07) is 10.4. The Labute approximate surface area is 121 Å². The van der Waals surface area contributed by atoms with Crippen molar-refractivity contribution in [2.45, 2.75) is 40.3 Å². The van der Waals surface area contributed by atoms with Gasteiger partial charge in [-0.2, -0.15) is 0 Å². The molecule has 3 heteroatoms. The van der Waals surface area contributed by atoms with Crippen LogP contribution in [-0.4, -0.2) is 10.7 Å². The van der Waals surface area contributed by atoms with Gasteiger partial charge in [-0.25, -0.2) is 0 Å². The molecule has 3 nitrogen and oxygen atoms in total. The SMILES string of the molecule is Cc1cc(CNc2ccc(OC(C)C)cc2)c(C)n1C. The maximum absolute atomic E-state index is 5.64. The molecule has 0 aliphatic carbocycles. The Bertz CT molecular complexity index is 567. The van der Waals surface area contributed by atoms with E-state index in [-0.39, 0.29) is 6.10 Å². The van der Waals surface area contributed by atoms with Gasteiger partial charge >= 0.3 is 0 Å². The van der Waals surface area contributed by atoms with E-state index in [1.807, 2.05) is 26.0 Å². The summed E-state index contributed by atoms with van der Waals surface area (Å²) >= 11 is 0. The Hall–Kier alpha value is -1.90. The Morgan fingerprint density at radius 3 is 2.30 bits per heavy atom. The number of aryl methyl sites for hydroxylation is 1. The van der Waals surface area contributed by atoms with E-state index in [1.165, 1.54) is 17.0 Å². The highest BCUT2D eigenvalue weighted by Gasteiger charge is 2.05. The van der Waals surface area contributed by atoms with Gasteiger partial charge in [0.25, 0.3) is 0 Å². The average Bonchev–Trinajstić information content (AvgIpc) is 2.65. The molecule has 20 heavy (non-hydrogen) atoms. The summed E-state index contributed by atoms with van der Waals surface area (Å²) in [5.74, 6) is 0.914. The minimum atomic E-state index is 0.212. The molecule has 0 saturated heterocycles. The number of aromatic nitrogens is 1. The molecule has 0 atom stereocenters. The van der Waals surface area contributed by atoms with Crippen LogP contribution in [0, 0.1) is 13.8 Å². The van der Waals surface area contributed by atoms with Crippen molar-refractivity contribution in [3.63, 3.8) is 0 Å². The lowest BCUT2D eigenvalue weighted by atomic mass is 10.2. The topological polar surface area (TPSA) is 26.2 Å². The molecular formula is C17H24N2O. The van der Waals surface area contributed by atoms with Crippen molar-refractivity contribution in [1.29, 1.82) is 0 Å². The lowest BCUT2D eigenvalue weighted by Gasteiger charge is -2.11. The maximum Gasteiger partial charge on any atom is 0.119 e. The van der Waals surface area contributed by atoms with Gasteiger partial charge in [0, 0.05) is 30.7 Å². The molecule has 1 aromatic carbocycles. The van der Waals surface area contributed by atoms with E-state index in [2.05, 4.69) is 49.0 Å². The van der Waals surface area contributed by atoms with Crippen molar-refractivity contribution in [3.05, 3.63) is 47.3 Å². The van der Waals surface area contributed by atoms with E-state index in [4.69, 9.17) is 4.74 Å². The van der Waals surface area contributed by atoms with Crippen LogP contribution in [0.3, 0.4) is 0 Å². The van der Waals surface area contributed by atoms with Crippen LogP contribution in [0.1, 0.15) is 30.8 Å². The summed E-state index contributed by atoms with van der Waals surface area (Å²) in [6.07, 6.45) is 0.212. The second-order valence-corrected chi connectivity index (χ2v) is 5.50. The van der Waals surface area contributed by atoms with Crippen LogP contribution < -0.4 is 10.1 Å². The van der Waals surface area contributed by atoms with Crippen molar-refractivity contribution >= 4 is 5.69 Å². The predicted molar refractivity (Wildman–Crippen MR) is 84.4 cm³/mol. The molecule has 0 bridgehead atoms. The van der Waals surface area contributed by atoms with Gasteiger partial charge in [0.1, 0.15) is 5.75 Å². The van der Waals surface area contributed by atoms with E-state index in [1.54, 1.807) is 0 Å². The van der Waals surface area contributed by atoms with E-state index >= 15 is 0 Å². The molecular weight excluding hydrogens is 248 g/mol. The van der Waals surface area contributed by atoms with Crippen LogP contribution >= 0.6 is 0 Å². The van der Waals surface area contributed by atoms with Crippen LogP contribution in [0.15, 0.2) is 30.3 Å². The van der Waals surface area contributed by atoms with Gasteiger partial charge in [0.2, 0.25) is 0 Å². The normalized spacial score (nSPS) is 10.9. The second-order valence-electron chi connectivity index (χ2n) is 5.50. The average molecular weight is 272 g/mol. The highest BCUT2D eigenvalue weighted by atomic mass is 16.5. The van der Waals surface area contributed by atoms with Crippen LogP contribution in [0.25, 0.3) is 0 Å². The smallest absolute Gasteiger partial charge is 0.119 e. The fourth-order valence-electron chi connectivity index (χ4n) is 2.23. The van der Waals surface area contributed by atoms with Crippen molar-refractivity contribution < 1.29 is 4.74 Å². The predicted octanol–water partition coefficient (Wildman–Crippen LogP) is 4.04. The molecule has 2 rings (SSSR count). The molecule has 108 valence electrons. The number of anilines is 1. The van der Waals surface area contributed by atoms with Gasteiger partial charge in [-0.05, 0) is 63.6 Å². The molecule has 2 aromatic rings. The molecule has 0 aliphatic heterocycles. The molecule has 0 aliphatic rings. The zero-order valence-electron chi connectivity index (χ0n) is 13.0. The quantitative estimate of drug-likeness (QED) is 0.889. The molecule has 0 spiro atoms. The zero-order valence-corrected chi connectivity index (χ0v) is 13.0. The summed E-state index contributed by atoms with van der Waals surface area (Å²) in [6.45, 7) is 9.20. The first kappa shape index (κ1) is 14.5. The largest absolute Gasteiger partial charge is 0.491 e. The molecule has 1 aromatic heterocycles. The van der Waals surface area contributed by atoms with Crippen LogP contribution in [0.5, 0.6) is 5.75 Å². The molecule has 0 unspecified atom stereocenters. The van der Waals surface area contributed by atoms with Gasteiger partial charge in [-0.15, -0.1) is 0 Å². The Morgan fingerprint density at radius 1 is 1.15 bits per heavy atom. The van der Waals surface area contributed by atoms with E-state index in [0.717, 1.165) is 18.0 Å². The number of hydrogen-bond acceptors (Lipinski definition) is 2. The molecule has 0 fully saturated rings. The third kappa shape index (κ3) is 3.35. The number of ether oxygens (including phenoxy) is 1. The Morgan fingerprint density at radius 2 is 1.80 bits per heavy atom. The summed E-state index contributed by atoms with van der Waals surface area (Å²) in [5.41, 5.74) is 5.06. The van der Waals surface area contributed by atoms with E-state index in [9.17, 15) is 0 Å². The first-order valence-electron chi connectivity index (χ1n) is 7.09.